The largest absolute Gasteiger partial charge is 0.481 e. The lowest BCUT2D eigenvalue weighted by atomic mass is 9.76. The summed E-state index contributed by atoms with van der Waals surface area (Å²) in [5.41, 5.74) is 3.46. The van der Waals surface area contributed by atoms with Crippen LogP contribution in [-0.4, -0.2) is 52.8 Å². The molecule has 1 fully saturated rings. The smallest absolute Gasteiger partial charge is 0.321 e. The van der Waals surface area contributed by atoms with Crippen molar-refractivity contribution in [3.8, 4) is 11.1 Å². The minimum Gasteiger partial charge on any atom is -0.481 e. The van der Waals surface area contributed by atoms with Gasteiger partial charge in [-0.1, -0.05) is 50.0 Å². The summed E-state index contributed by atoms with van der Waals surface area (Å²) in [7, 11) is 0. The Morgan fingerprint density at radius 1 is 1.20 bits per heavy atom. The Balaban J connectivity index is 1.66. The van der Waals surface area contributed by atoms with E-state index in [2.05, 4.69) is 33.3 Å². The topological polar surface area (TPSA) is 107 Å². The molecule has 0 unspecified atom stereocenters. The summed E-state index contributed by atoms with van der Waals surface area (Å²) >= 11 is 1.36. The summed E-state index contributed by atoms with van der Waals surface area (Å²) in [5, 5.41) is 15.7. The Hall–Kier alpha value is -4.05. The number of carboxylic acids is 1. The second-order valence-electron chi connectivity index (χ2n) is 10.1. The average Bonchev–Trinajstić information content (AvgIpc) is 3.37. The summed E-state index contributed by atoms with van der Waals surface area (Å²) in [6.45, 7) is 11.6. The third-order valence-corrected chi connectivity index (χ3v) is 8.55. The lowest BCUT2D eigenvalue weighted by Gasteiger charge is -2.39. The van der Waals surface area contributed by atoms with E-state index in [1.165, 1.54) is 23.5 Å². The normalized spacial score (nSPS) is 15.3. The van der Waals surface area contributed by atoms with Crippen LogP contribution in [-0.2, 0) is 4.79 Å². The van der Waals surface area contributed by atoms with Gasteiger partial charge in [0.15, 0.2) is 5.13 Å². The number of aliphatic carboxylic acids is 1. The first kappa shape index (κ1) is 29.9. The number of amides is 2. The quantitative estimate of drug-likeness (QED) is 0.222. The number of hydrogen-bond donors (Lipinski definition) is 3. The monoisotopic (exact) mass is 577 g/mol. The number of aliphatic imine (C=N–C) groups is 1. The number of piperidine rings is 1. The minimum atomic E-state index is -0.735. The third kappa shape index (κ3) is 6.82. The van der Waals surface area contributed by atoms with E-state index in [9.17, 15) is 19.1 Å². The van der Waals surface area contributed by atoms with E-state index in [1.807, 2.05) is 37.8 Å². The Bertz CT molecular complexity index is 1490. The molecule has 1 saturated heterocycles. The molecule has 8 nitrogen and oxygen atoms in total. The predicted molar refractivity (Wildman–Crippen MR) is 165 cm³/mol. The van der Waals surface area contributed by atoms with Crippen LogP contribution in [0.15, 0.2) is 59.9 Å². The van der Waals surface area contributed by atoms with Crippen LogP contribution in [0.4, 0.5) is 14.3 Å². The van der Waals surface area contributed by atoms with Crippen molar-refractivity contribution in [2.24, 2.45) is 10.4 Å². The van der Waals surface area contributed by atoms with E-state index < -0.39 is 11.4 Å². The Morgan fingerprint density at radius 3 is 2.51 bits per heavy atom. The first-order valence-corrected chi connectivity index (χ1v) is 14.7. The number of thiazole rings is 1. The number of halogens is 1. The second-order valence-corrected chi connectivity index (χ2v) is 11.0. The van der Waals surface area contributed by atoms with Gasteiger partial charge in [0.1, 0.15) is 11.6 Å². The van der Waals surface area contributed by atoms with Crippen molar-refractivity contribution in [3.05, 3.63) is 66.3 Å². The number of nitrogens with zero attached hydrogens (tertiary/aromatic N) is 3. The van der Waals surface area contributed by atoms with Crippen LogP contribution in [0.25, 0.3) is 26.9 Å². The zero-order valence-electron chi connectivity index (χ0n) is 23.7. The van der Waals surface area contributed by atoms with Gasteiger partial charge in [0.05, 0.1) is 15.6 Å². The molecule has 0 saturated carbocycles. The van der Waals surface area contributed by atoms with Crippen LogP contribution in [0.5, 0.6) is 0 Å². The number of hydrogen-bond acceptors (Lipinski definition) is 6. The van der Waals surface area contributed by atoms with Gasteiger partial charge in [0.25, 0.3) is 0 Å². The van der Waals surface area contributed by atoms with E-state index in [-0.39, 0.29) is 11.8 Å². The highest BCUT2D eigenvalue weighted by Crippen LogP contribution is 2.38. The van der Waals surface area contributed by atoms with Gasteiger partial charge in [0.2, 0.25) is 0 Å². The SMILES string of the molecule is C=C(N=C/C(=C\CC)c1cc(-c2ccc(F)cc2)c2sc(NC(=O)NCC)nc2c1)N1CCC(CC)(C(=O)O)CC1. The van der Waals surface area contributed by atoms with Crippen molar-refractivity contribution in [3.63, 3.8) is 0 Å². The average molecular weight is 578 g/mol. The van der Waals surface area contributed by atoms with Crippen molar-refractivity contribution >= 4 is 50.5 Å². The van der Waals surface area contributed by atoms with Crippen molar-refractivity contribution in [2.75, 3.05) is 25.0 Å². The molecule has 0 atom stereocenters. The van der Waals surface area contributed by atoms with Gasteiger partial charge in [-0.25, -0.2) is 19.2 Å². The highest BCUT2D eigenvalue weighted by molar-refractivity contribution is 7.22. The number of carboxylic acid groups (broad SMARTS) is 1. The number of rotatable bonds is 10. The molecule has 2 amide bonds. The van der Waals surface area contributed by atoms with E-state index in [0.29, 0.717) is 55.4 Å². The molecule has 41 heavy (non-hydrogen) atoms. The fourth-order valence-electron chi connectivity index (χ4n) is 5.00. The van der Waals surface area contributed by atoms with Crippen LogP contribution in [0.3, 0.4) is 0 Å². The number of urea groups is 1. The molecule has 0 aliphatic carbocycles. The molecule has 0 radical (unpaired) electrons. The van der Waals surface area contributed by atoms with Gasteiger partial charge in [-0.15, -0.1) is 0 Å². The van der Waals surface area contributed by atoms with Crippen LogP contribution >= 0.6 is 11.3 Å². The maximum absolute atomic E-state index is 13.7. The zero-order valence-corrected chi connectivity index (χ0v) is 24.5. The maximum Gasteiger partial charge on any atom is 0.321 e. The molecule has 10 heteroatoms. The van der Waals surface area contributed by atoms with E-state index in [0.717, 1.165) is 33.4 Å². The summed E-state index contributed by atoms with van der Waals surface area (Å²) in [6, 6.07) is 9.97. The van der Waals surface area contributed by atoms with Crippen molar-refractivity contribution < 1.29 is 19.1 Å². The second kappa shape index (κ2) is 13.1. The number of carbonyl (C=O) groups is 2. The van der Waals surface area contributed by atoms with E-state index >= 15 is 0 Å². The molecule has 3 aromatic rings. The fraction of sp³-hybridized carbons (Fsp3) is 0.355. The number of anilines is 1. The van der Waals surface area contributed by atoms with Gasteiger partial charge >= 0.3 is 12.0 Å². The van der Waals surface area contributed by atoms with Crippen molar-refractivity contribution in [1.29, 1.82) is 0 Å². The Morgan fingerprint density at radius 2 is 1.90 bits per heavy atom. The molecule has 0 bridgehead atoms. The first-order chi connectivity index (χ1) is 19.7. The fourth-order valence-corrected chi connectivity index (χ4v) is 5.98. The summed E-state index contributed by atoms with van der Waals surface area (Å²) in [4.78, 5) is 35.4. The molecule has 1 aliphatic heterocycles. The van der Waals surface area contributed by atoms with Crippen LogP contribution in [0, 0.1) is 11.2 Å². The number of nitrogens with one attached hydrogen (secondary N) is 2. The van der Waals surface area contributed by atoms with Gasteiger partial charge < -0.3 is 15.3 Å². The molecule has 1 aliphatic rings. The summed E-state index contributed by atoms with van der Waals surface area (Å²) < 4.78 is 14.6. The van der Waals surface area contributed by atoms with Crippen LogP contribution in [0.1, 0.15) is 52.0 Å². The lowest BCUT2D eigenvalue weighted by molar-refractivity contribution is -0.152. The highest BCUT2D eigenvalue weighted by Gasteiger charge is 2.40. The van der Waals surface area contributed by atoms with Crippen molar-refractivity contribution in [2.45, 2.75) is 46.5 Å². The molecular weight excluding hydrogens is 541 g/mol. The Kier molecular flexibility index (Phi) is 9.54. The highest BCUT2D eigenvalue weighted by atomic mass is 32.1. The molecule has 4 rings (SSSR count). The minimum absolute atomic E-state index is 0.321. The zero-order chi connectivity index (χ0) is 29.6. The standard InChI is InChI=1S/C31H36FN5O3S/c1-5-8-22(19-34-20(4)37-15-13-31(6-2,14-16-37)28(38)39)23-17-25(21-9-11-24(32)12-10-21)27-26(18-23)35-30(41-27)36-29(40)33-7-3/h8-12,17-19H,4-7,13-16H2,1-3H3,(H,38,39)(H2,33,35,36,40)/b22-8+,34-19?. The Labute approximate surface area is 243 Å². The van der Waals surface area contributed by atoms with Gasteiger partial charge in [-0.2, -0.15) is 0 Å². The molecule has 216 valence electrons. The number of aromatic nitrogens is 1. The van der Waals surface area contributed by atoms with Gasteiger partial charge in [-0.05, 0) is 73.6 Å². The number of carbonyl (C=O) groups excluding carboxylic acids is 1. The van der Waals surface area contributed by atoms with E-state index in [4.69, 9.17) is 0 Å². The van der Waals surface area contributed by atoms with Gasteiger partial charge in [0, 0.05) is 31.4 Å². The van der Waals surface area contributed by atoms with Gasteiger partial charge in [-0.3, -0.25) is 10.1 Å². The first-order valence-electron chi connectivity index (χ1n) is 13.9. The summed E-state index contributed by atoms with van der Waals surface area (Å²) in [5.74, 6) is -0.469. The van der Waals surface area contributed by atoms with Crippen LogP contribution in [0.2, 0.25) is 0 Å². The van der Waals surface area contributed by atoms with Crippen LogP contribution < -0.4 is 10.6 Å². The maximum atomic E-state index is 13.7. The molecule has 3 N–H and O–H groups in total. The molecular formula is C31H36FN5O3S. The molecule has 1 aromatic heterocycles. The third-order valence-electron chi connectivity index (χ3n) is 7.53. The molecule has 2 aromatic carbocycles. The van der Waals surface area contributed by atoms with Crippen molar-refractivity contribution in [1.82, 2.24) is 15.2 Å². The number of benzene rings is 2. The number of fused-ring (bicyclic) bond motifs is 1. The lowest BCUT2D eigenvalue weighted by Crippen LogP contribution is -2.43. The molecule has 0 spiro atoms. The molecule has 2 heterocycles. The van der Waals surface area contributed by atoms with E-state index in [1.54, 1.807) is 18.3 Å². The number of likely N-dealkylation sites (tertiary alicyclic amines) is 1. The number of allylic oxidation sites excluding steroid dienone is 2. The predicted octanol–water partition coefficient (Wildman–Crippen LogP) is 7.16. The summed E-state index contributed by atoms with van der Waals surface area (Å²) in [6.07, 6.45) is 6.32.